The number of aryl methyl sites for hydroxylation is 1. The molecule has 0 unspecified atom stereocenters. The van der Waals surface area contributed by atoms with Crippen molar-refractivity contribution in [2.75, 3.05) is 19.6 Å². The molecular weight excluding hydrogens is 349 g/mol. The van der Waals surface area contributed by atoms with E-state index in [1.165, 1.54) is 26.5 Å². The number of amides is 2. The van der Waals surface area contributed by atoms with Gasteiger partial charge in [0.05, 0.1) is 0 Å². The first-order chi connectivity index (χ1) is 12.9. The largest absolute Gasteiger partial charge is 0.335 e. The van der Waals surface area contributed by atoms with Crippen LogP contribution in [0.4, 0.5) is 4.39 Å². The van der Waals surface area contributed by atoms with Crippen LogP contribution in [-0.2, 0) is 17.9 Å². The van der Waals surface area contributed by atoms with Gasteiger partial charge in [-0.2, -0.15) is 0 Å². The van der Waals surface area contributed by atoms with Crippen molar-refractivity contribution in [3.05, 3.63) is 69.4 Å². The number of carbonyl (C=O) groups is 2. The molecule has 142 valence electrons. The summed E-state index contributed by atoms with van der Waals surface area (Å²) in [6, 6.07) is 9.56. The fraction of sp³-hybridized carbons (Fsp3) is 0.350. The molecule has 0 aliphatic carbocycles. The second-order valence-electron chi connectivity index (χ2n) is 6.57. The van der Waals surface area contributed by atoms with Crippen LogP contribution in [0.2, 0.25) is 0 Å². The van der Waals surface area contributed by atoms with Crippen LogP contribution >= 0.6 is 0 Å². The van der Waals surface area contributed by atoms with Crippen LogP contribution in [0.1, 0.15) is 28.5 Å². The van der Waals surface area contributed by atoms with Gasteiger partial charge in [0.2, 0.25) is 5.91 Å². The quantitative estimate of drug-likeness (QED) is 0.823. The fourth-order valence-electron chi connectivity index (χ4n) is 3.28. The molecule has 1 aliphatic rings. The summed E-state index contributed by atoms with van der Waals surface area (Å²) in [6.07, 6.45) is 0. The second-order valence-corrected chi connectivity index (χ2v) is 6.57. The zero-order valence-corrected chi connectivity index (χ0v) is 15.4. The predicted molar refractivity (Wildman–Crippen MR) is 98.8 cm³/mol. The summed E-state index contributed by atoms with van der Waals surface area (Å²) in [4.78, 5) is 40.6. The van der Waals surface area contributed by atoms with E-state index in [0.29, 0.717) is 25.2 Å². The Balaban J connectivity index is 1.73. The minimum absolute atomic E-state index is 0.0674. The predicted octanol–water partition coefficient (Wildman–Crippen LogP) is 1.80. The van der Waals surface area contributed by atoms with Crippen molar-refractivity contribution in [1.29, 1.82) is 0 Å². The molecule has 1 aromatic heterocycles. The highest BCUT2D eigenvalue weighted by atomic mass is 19.1. The number of hydrogen-bond acceptors (Lipinski definition) is 3. The highest BCUT2D eigenvalue weighted by molar-refractivity contribution is 5.96. The molecule has 0 saturated carbocycles. The van der Waals surface area contributed by atoms with Gasteiger partial charge in [0.1, 0.15) is 17.9 Å². The Morgan fingerprint density at radius 3 is 2.52 bits per heavy atom. The topological polar surface area (TPSA) is 62.6 Å². The highest BCUT2D eigenvalue weighted by Gasteiger charge is 2.29. The molecule has 1 aliphatic heterocycles. The van der Waals surface area contributed by atoms with Crippen molar-refractivity contribution in [2.45, 2.75) is 26.9 Å². The van der Waals surface area contributed by atoms with Crippen LogP contribution in [0.3, 0.4) is 0 Å². The van der Waals surface area contributed by atoms with Gasteiger partial charge in [0.15, 0.2) is 0 Å². The Morgan fingerprint density at radius 2 is 1.85 bits per heavy atom. The lowest BCUT2D eigenvalue weighted by Crippen LogP contribution is -2.52. The second kappa shape index (κ2) is 7.73. The summed E-state index contributed by atoms with van der Waals surface area (Å²) < 4.78 is 15.3. The van der Waals surface area contributed by atoms with Crippen LogP contribution in [0.25, 0.3) is 0 Å². The van der Waals surface area contributed by atoms with E-state index in [2.05, 4.69) is 0 Å². The molecule has 2 heterocycles. The van der Waals surface area contributed by atoms with E-state index in [-0.39, 0.29) is 35.9 Å². The Morgan fingerprint density at radius 1 is 1.11 bits per heavy atom. The maximum Gasteiger partial charge on any atom is 0.263 e. The summed E-state index contributed by atoms with van der Waals surface area (Å²) in [5.41, 5.74) is 0.946. The molecule has 1 fully saturated rings. The van der Waals surface area contributed by atoms with Gasteiger partial charge >= 0.3 is 0 Å². The zero-order valence-electron chi connectivity index (χ0n) is 15.4. The third kappa shape index (κ3) is 3.77. The average Bonchev–Trinajstić information content (AvgIpc) is 2.65. The molecule has 2 amide bonds. The Labute approximate surface area is 156 Å². The molecule has 1 saturated heterocycles. The third-order valence-electron chi connectivity index (χ3n) is 4.86. The Bertz CT molecular complexity index is 938. The van der Waals surface area contributed by atoms with E-state index in [4.69, 9.17) is 0 Å². The molecule has 0 spiro atoms. The van der Waals surface area contributed by atoms with E-state index in [0.717, 1.165) is 5.69 Å². The SMILES string of the molecule is CCn1c(C)ccc(C(=O)N2CCN(Cc3ccccc3F)C(=O)C2)c1=O. The smallest absolute Gasteiger partial charge is 0.263 e. The first kappa shape index (κ1) is 18.8. The highest BCUT2D eigenvalue weighted by Crippen LogP contribution is 2.14. The lowest BCUT2D eigenvalue weighted by Gasteiger charge is -2.34. The maximum absolute atomic E-state index is 13.8. The van der Waals surface area contributed by atoms with E-state index in [9.17, 15) is 18.8 Å². The van der Waals surface area contributed by atoms with Crippen LogP contribution in [0.15, 0.2) is 41.2 Å². The fourth-order valence-corrected chi connectivity index (χ4v) is 3.28. The van der Waals surface area contributed by atoms with Crippen molar-refractivity contribution in [3.63, 3.8) is 0 Å². The zero-order chi connectivity index (χ0) is 19.6. The molecule has 0 atom stereocenters. The molecule has 0 radical (unpaired) electrons. The van der Waals surface area contributed by atoms with Gasteiger partial charge in [-0.1, -0.05) is 18.2 Å². The lowest BCUT2D eigenvalue weighted by molar-refractivity contribution is -0.135. The van der Waals surface area contributed by atoms with Crippen molar-refractivity contribution in [3.8, 4) is 0 Å². The van der Waals surface area contributed by atoms with Gasteiger partial charge in [0, 0.05) is 37.4 Å². The average molecular weight is 371 g/mol. The number of aromatic nitrogens is 1. The van der Waals surface area contributed by atoms with Crippen LogP contribution in [0, 0.1) is 12.7 Å². The van der Waals surface area contributed by atoms with Crippen molar-refractivity contribution < 1.29 is 14.0 Å². The number of hydrogen-bond donors (Lipinski definition) is 0. The van der Waals surface area contributed by atoms with Gasteiger partial charge in [-0.15, -0.1) is 0 Å². The Hall–Kier alpha value is -2.96. The van der Waals surface area contributed by atoms with Crippen molar-refractivity contribution >= 4 is 11.8 Å². The first-order valence-electron chi connectivity index (χ1n) is 8.93. The molecule has 27 heavy (non-hydrogen) atoms. The Kier molecular flexibility index (Phi) is 5.39. The summed E-state index contributed by atoms with van der Waals surface area (Å²) in [5, 5.41) is 0. The third-order valence-corrected chi connectivity index (χ3v) is 4.86. The summed E-state index contributed by atoms with van der Waals surface area (Å²) in [5.74, 6) is -1.06. The van der Waals surface area contributed by atoms with E-state index in [1.807, 2.05) is 13.8 Å². The van der Waals surface area contributed by atoms with Crippen LogP contribution in [-0.4, -0.2) is 45.8 Å². The molecule has 6 nitrogen and oxygen atoms in total. The van der Waals surface area contributed by atoms with Gasteiger partial charge in [-0.25, -0.2) is 4.39 Å². The molecule has 7 heteroatoms. The van der Waals surface area contributed by atoms with Crippen molar-refractivity contribution in [2.24, 2.45) is 0 Å². The van der Waals surface area contributed by atoms with Crippen molar-refractivity contribution in [1.82, 2.24) is 14.4 Å². The molecule has 3 rings (SSSR count). The number of piperazine rings is 1. The monoisotopic (exact) mass is 371 g/mol. The minimum Gasteiger partial charge on any atom is -0.335 e. The van der Waals surface area contributed by atoms with Crippen LogP contribution < -0.4 is 5.56 Å². The number of rotatable bonds is 4. The van der Waals surface area contributed by atoms with E-state index in [1.54, 1.807) is 24.3 Å². The van der Waals surface area contributed by atoms with Gasteiger partial charge in [-0.05, 0) is 32.0 Å². The number of halogens is 1. The summed E-state index contributed by atoms with van der Waals surface area (Å²) in [7, 11) is 0. The lowest BCUT2D eigenvalue weighted by atomic mass is 10.1. The molecule has 1 aromatic carbocycles. The number of pyridine rings is 1. The van der Waals surface area contributed by atoms with Gasteiger partial charge < -0.3 is 14.4 Å². The molecule has 2 aromatic rings. The minimum atomic E-state index is -0.443. The normalized spacial score (nSPS) is 14.6. The summed E-state index contributed by atoms with van der Waals surface area (Å²) in [6.45, 7) is 4.78. The molecule has 0 N–H and O–H groups in total. The number of benzene rings is 1. The maximum atomic E-state index is 13.8. The standard InChI is InChI=1S/C20H22FN3O3/c1-3-24-14(2)8-9-16(20(24)27)19(26)23-11-10-22(18(25)13-23)12-15-6-4-5-7-17(15)21/h4-9H,3,10-13H2,1-2H3. The van der Waals surface area contributed by atoms with E-state index < -0.39 is 5.91 Å². The molecular formula is C20H22FN3O3. The van der Waals surface area contributed by atoms with Gasteiger partial charge in [-0.3, -0.25) is 14.4 Å². The van der Waals surface area contributed by atoms with Crippen LogP contribution in [0.5, 0.6) is 0 Å². The first-order valence-corrected chi connectivity index (χ1v) is 8.93. The van der Waals surface area contributed by atoms with E-state index >= 15 is 0 Å². The summed E-state index contributed by atoms with van der Waals surface area (Å²) >= 11 is 0. The molecule has 0 bridgehead atoms. The van der Waals surface area contributed by atoms with Gasteiger partial charge in [0.25, 0.3) is 11.5 Å². The number of nitrogens with zero attached hydrogens (tertiary/aromatic N) is 3. The number of carbonyl (C=O) groups excluding carboxylic acids is 2.